The maximum atomic E-state index is 6.25. The summed E-state index contributed by atoms with van der Waals surface area (Å²) in [5, 5.41) is 7.43. The number of hydrogen-bond acceptors (Lipinski definition) is 2. The van der Waals surface area contributed by atoms with Gasteiger partial charge in [0.2, 0.25) is 0 Å². The van der Waals surface area contributed by atoms with E-state index in [4.69, 9.17) is 9.47 Å². The van der Waals surface area contributed by atoms with Crippen molar-refractivity contribution in [3.63, 3.8) is 0 Å². The molecule has 0 spiro atoms. The molecule has 2 heteroatoms. The molecule has 6 aromatic rings. The maximum Gasteiger partial charge on any atom is 0.131 e. The SMILES string of the molecule is c1ccc(Oc2cccc(Oc3ccc4c5ccccc5c5ccccc5c4c3)c2)cc1. The third kappa shape index (κ3) is 3.32. The largest absolute Gasteiger partial charge is 0.457 e. The first-order valence-electron chi connectivity index (χ1n) is 10.7. The lowest BCUT2D eigenvalue weighted by atomic mass is 9.94. The van der Waals surface area contributed by atoms with Crippen LogP contribution in [0.3, 0.4) is 0 Å². The van der Waals surface area contributed by atoms with Gasteiger partial charge in [-0.1, -0.05) is 78.9 Å². The van der Waals surface area contributed by atoms with E-state index in [0.29, 0.717) is 0 Å². The molecule has 6 rings (SSSR count). The number of hydrogen-bond donors (Lipinski definition) is 0. The quantitative estimate of drug-likeness (QED) is 0.270. The van der Waals surface area contributed by atoms with Gasteiger partial charge in [-0.2, -0.15) is 0 Å². The summed E-state index contributed by atoms with van der Waals surface area (Å²) in [6.45, 7) is 0. The van der Waals surface area contributed by atoms with E-state index in [1.54, 1.807) is 0 Å². The molecule has 32 heavy (non-hydrogen) atoms. The number of para-hydroxylation sites is 1. The summed E-state index contributed by atoms with van der Waals surface area (Å²) in [7, 11) is 0. The Balaban J connectivity index is 1.41. The molecule has 0 aliphatic rings. The van der Waals surface area contributed by atoms with Crippen LogP contribution < -0.4 is 9.47 Å². The van der Waals surface area contributed by atoms with Crippen LogP contribution in [0.15, 0.2) is 121 Å². The van der Waals surface area contributed by atoms with Crippen LogP contribution in [0.25, 0.3) is 32.3 Å². The summed E-state index contributed by atoms with van der Waals surface area (Å²) in [4.78, 5) is 0. The Morgan fingerprint density at radius 1 is 0.281 bits per heavy atom. The van der Waals surface area contributed by atoms with Gasteiger partial charge in [0.15, 0.2) is 0 Å². The standard InChI is InChI=1S/C30H20O2/c1-2-9-21(10-3-1)31-22-11-8-12-23(19-22)32-24-17-18-29-27-15-5-4-13-25(27)26-14-6-7-16-28(26)30(29)20-24/h1-20H. The Labute approximate surface area is 186 Å². The molecule has 0 aliphatic heterocycles. The van der Waals surface area contributed by atoms with Gasteiger partial charge in [0, 0.05) is 6.07 Å². The van der Waals surface area contributed by atoms with E-state index < -0.39 is 0 Å². The fourth-order valence-electron chi connectivity index (χ4n) is 4.31. The highest BCUT2D eigenvalue weighted by atomic mass is 16.5. The zero-order valence-electron chi connectivity index (χ0n) is 17.4. The first-order chi connectivity index (χ1) is 15.8. The minimum Gasteiger partial charge on any atom is -0.457 e. The number of benzene rings is 6. The number of rotatable bonds is 4. The predicted molar refractivity (Wildman–Crippen MR) is 132 cm³/mol. The predicted octanol–water partition coefficient (Wildman–Crippen LogP) is 8.73. The molecule has 0 N–H and O–H groups in total. The van der Waals surface area contributed by atoms with Gasteiger partial charge in [0.25, 0.3) is 0 Å². The van der Waals surface area contributed by atoms with Gasteiger partial charge in [-0.05, 0) is 68.7 Å². The van der Waals surface area contributed by atoms with Crippen LogP contribution in [0, 0.1) is 0 Å². The average Bonchev–Trinajstić information content (AvgIpc) is 2.85. The van der Waals surface area contributed by atoms with Gasteiger partial charge < -0.3 is 9.47 Å². The third-order valence-corrected chi connectivity index (χ3v) is 5.74. The lowest BCUT2D eigenvalue weighted by Crippen LogP contribution is -1.88. The van der Waals surface area contributed by atoms with Crippen LogP contribution in [0.4, 0.5) is 0 Å². The third-order valence-electron chi connectivity index (χ3n) is 5.74. The fourth-order valence-corrected chi connectivity index (χ4v) is 4.31. The van der Waals surface area contributed by atoms with Gasteiger partial charge in [0.1, 0.15) is 23.0 Å². The first kappa shape index (κ1) is 18.5. The number of ether oxygens (including phenoxy) is 2. The van der Waals surface area contributed by atoms with E-state index in [2.05, 4.69) is 60.7 Å². The zero-order chi connectivity index (χ0) is 21.3. The van der Waals surface area contributed by atoms with Crippen molar-refractivity contribution in [3.8, 4) is 23.0 Å². The van der Waals surface area contributed by atoms with Crippen molar-refractivity contribution in [2.45, 2.75) is 0 Å². The lowest BCUT2D eigenvalue weighted by Gasteiger charge is -2.13. The zero-order valence-corrected chi connectivity index (χ0v) is 17.4. The minimum atomic E-state index is 0.739. The second-order valence-electron chi connectivity index (χ2n) is 7.79. The molecule has 0 fully saturated rings. The monoisotopic (exact) mass is 412 g/mol. The highest BCUT2D eigenvalue weighted by Gasteiger charge is 2.09. The summed E-state index contributed by atoms with van der Waals surface area (Å²) in [6.07, 6.45) is 0. The molecule has 0 aliphatic carbocycles. The summed E-state index contributed by atoms with van der Waals surface area (Å²) < 4.78 is 12.2. The lowest BCUT2D eigenvalue weighted by molar-refractivity contribution is 0.461. The molecule has 0 aromatic heterocycles. The molecule has 0 bridgehead atoms. The van der Waals surface area contributed by atoms with Crippen molar-refractivity contribution >= 4 is 32.3 Å². The second kappa shape index (κ2) is 7.75. The Morgan fingerprint density at radius 2 is 0.719 bits per heavy atom. The summed E-state index contributed by atoms with van der Waals surface area (Å²) in [5.74, 6) is 3.08. The molecule has 0 radical (unpaired) electrons. The molecule has 0 heterocycles. The smallest absolute Gasteiger partial charge is 0.131 e. The van der Waals surface area contributed by atoms with E-state index in [0.717, 1.165) is 23.0 Å². The average molecular weight is 412 g/mol. The normalized spacial score (nSPS) is 11.1. The molecular formula is C30H20O2. The van der Waals surface area contributed by atoms with Crippen LogP contribution in [0.5, 0.6) is 23.0 Å². The van der Waals surface area contributed by atoms with Crippen molar-refractivity contribution in [2.24, 2.45) is 0 Å². The Bertz CT molecular complexity index is 1530. The Hall–Kier alpha value is -4.30. The van der Waals surface area contributed by atoms with Crippen LogP contribution in [0.2, 0.25) is 0 Å². The van der Waals surface area contributed by atoms with Gasteiger partial charge in [0.05, 0.1) is 0 Å². The van der Waals surface area contributed by atoms with Crippen LogP contribution in [-0.4, -0.2) is 0 Å². The van der Waals surface area contributed by atoms with E-state index in [-0.39, 0.29) is 0 Å². The summed E-state index contributed by atoms with van der Waals surface area (Å²) in [6, 6.07) is 41.0. The van der Waals surface area contributed by atoms with Crippen LogP contribution >= 0.6 is 0 Å². The van der Waals surface area contributed by atoms with Crippen molar-refractivity contribution in [1.29, 1.82) is 0 Å². The second-order valence-corrected chi connectivity index (χ2v) is 7.79. The van der Waals surface area contributed by atoms with E-state index in [1.807, 2.05) is 60.7 Å². The molecule has 0 unspecified atom stereocenters. The van der Waals surface area contributed by atoms with E-state index >= 15 is 0 Å². The Kier molecular flexibility index (Phi) is 4.47. The van der Waals surface area contributed by atoms with Gasteiger partial charge in [-0.25, -0.2) is 0 Å². The molecule has 6 aromatic carbocycles. The van der Waals surface area contributed by atoms with E-state index in [9.17, 15) is 0 Å². The van der Waals surface area contributed by atoms with Crippen molar-refractivity contribution < 1.29 is 9.47 Å². The minimum absolute atomic E-state index is 0.739. The van der Waals surface area contributed by atoms with Crippen LogP contribution in [0.1, 0.15) is 0 Å². The van der Waals surface area contributed by atoms with Crippen molar-refractivity contribution in [3.05, 3.63) is 121 Å². The van der Waals surface area contributed by atoms with E-state index in [1.165, 1.54) is 32.3 Å². The molecule has 0 atom stereocenters. The van der Waals surface area contributed by atoms with Gasteiger partial charge in [-0.15, -0.1) is 0 Å². The Morgan fingerprint density at radius 3 is 1.34 bits per heavy atom. The van der Waals surface area contributed by atoms with Crippen LogP contribution in [-0.2, 0) is 0 Å². The van der Waals surface area contributed by atoms with Crippen molar-refractivity contribution in [1.82, 2.24) is 0 Å². The fraction of sp³-hybridized carbons (Fsp3) is 0. The number of fused-ring (bicyclic) bond motifs is 6. The highest BCUT2D eigenvalue weighted by Crippen LogP contribution is 2.37. The highest BCUT2D eigenvalue weighted by molar-refractivity contribution is 6.25. The molecule has 152 valence electrons. The first-order valence-corrected chi connectivity index (χ1v) is 10.7. The maximum absolute atomic E-state index is 6.25. The molecular weight excluding hydrogens is 392 g/mol. The van der Waals surface area contributed by atoms with Gasteiger partial charge in [-0.3, -0.25) is 0 Å². The topological polar surface area (TPSA) is 18.5 Å². The summed E-state index contributed by atoms with van der Waals surface area (Å²) >= 11 is 0. The molecule has 2 nitrogen and oxygen atoms in total. The summed E-state index contributed by atoms with van der Waals surface area (Å²) in [5.41, 5.74) is 0. The molecule has 0 saturated heterocycles. The molecule has 0 amide bonds. The van der Waals surface area contributed by atoms with Gasteiger partial charge >= 0.3 is 0 Å². The van der Waals surface area contributed by atoms with Crippen molar-refractivity contribution in [2.75, 3.05) is 0 Å². The molecule has 0 saturated carbocycles.